The highest BCUT2D eigenvalue weighted by molar-refractivity contribution is 7.90. The Bertz CT molecular complexity index is 1380. The monoisotopic (exact) mass is 416 g/mol. The van der Waals surface area contributed by atoms with Gasteiger partial charge in [-0.15, -0.1) is 0 Å². The molecule has 4 nitrogen and oxygen atoms in total. The van der Waals surface area contributed by atoms with Gasteiger partial charge >= 0.3 is 0 Å². The first kappa shape index (κ1) is 18.9. The number of aromatic nitrogens is 1. The predicted octanol–water partition coefficient (Wildman–Crippen LogP) is 5.50. The lowest BCUT2D eigenvalue weighted by Crippen LogP contribution is -2.17. The first-order valence-electron chi connectivity index (χ1n) is 10.2. The van der Waals surface area contributed by atoms with E-state index in [1.807, 2.05) is 51.1 Å². The molecule has 0 atom stereocenters. The molecule has 0 saturated carbocycles. The zero-order valence-corrected chi connectivity index (χ0v) is 18.2. The summed E-state index contributed by atoms with van der Waals surface area (Å²) in [5.41, 5.74) is 7.05. The highest BCUT2D eigenvalue weighted by Gasteiger charge is 2.30. The molecule has 3 aromatic carbocycles. The maximum Gasteiger partial charge on any atom is 0.268 e. The number of fused-ring (bicyclic) bond motifs is 2. The lowest BCUT2D eigenvalue weighted by atomic mass is 10.1. The van der Waals surface area contributed by atoms with Gasteiger partial charge in [-0.2, -0.15) is 0 Å². The lowest BCUT2D eigenvalue weighted by molar-refractivity contribution is 0.588. The predicted molar refractivity (Wildman–Crippen MR) is 122 cm³/mol. The standard InChI is InChI=1S/C25H24N2O2S/c1-17-8-11-21(12-9-17)30(28,29)27-19(3)25(22-16-18(2)10-13-24(22)27)26-15-14-20-6-4-5-7-23(20)26/h4-13,16H,14-15H2,1-3H3. The van der Waals surface area contributed by atoms with Crippen molar-refractivity contribution in [1.82, 2.24) is 3.97 Å². The van der Waals surface area contributed by atoms with Crippen LogP contribution in [0.3, 0.4) is 0 Å². The lowest BCUT2D eigenvalue weighted by Gasteiger charge is -2.20. The molecule has 1 aliphatic rings. The van der Waals surface area contributed by atoms with Crippen LogP contribution in [0.2, 0.25) is 0 Å². The maximum atomic E-state index is 13.7. The summed E-state index contributed by atoms with van der Waals surface area (Å²) in [7, 11) is -3.72. The van der Waals surface area contributed by atoms with Crippen LogP contribution in [-0.2, 0) is 16.4 Å². The van der Waals surface area contributed by atoms with Crippen LogP contribution >= 0.6 is 0 Å². The number of nitrogens with zero attached hydrogens (tertiary/aromatic N) is 2. The second-order valence-corrected chi connectivity index (χ2v) is 9.85. The number of hydrogen-bond acceptors (Lipinski definition) is 3. The van der Waals surface area contributed by atoms with Crippen LogP contribution < -0.4 is 4.90 Å². The summed E-state index contributed by atoms with van der Waals surface area (Å²) in [5, 5.41) is 0.972. The summed E-state index contributed by atoms with van der Waals surface area (Å²) in [6, 6.07) is 21.4. The molecule has 0 N–H and O–H groups in total. The van der Waals surface area contributed by atoms with Gasteiger partial charge in [0.1, 0.15) is 0 Å². The fourth-order valence-corrected chi connectivity index (χ4v) is 6.08. The fourth-order valence-electron chi connectivity index (χ4n) is 4.53. The van der Waals surface area contributed by atoms with Crippen LogP contribution in [0.4, 0.5) is 11.4 Å². The third kappa shape index (κ3) is 2.76. The van der Waals surface area contributed by atoms with Crippen molar-refractivity contribution in [1.29, 1.82) is 0 Å². The van der Waals surface area contributed by atoms with E-state index in [1.54, 1.807) is 12.1 Å². The number of aryl methyl sites for hydroxylation is 2. The third-order valence-electron chi connectivity index (χ3n) is 5.99. The molecule has 1 aromatic heterocycles. The van der Waals surface area contributed by atoms with E-state index in [2.05, 4.69) is 29.2 Å². The van der Waals surface area contributed by atoms with E-state index in [0.717, 1.165) is 52.1 Å². The number of anilines is 2. The van der Waals surface area contributed by atoms with Gasteiger partial charge in [0.2, 0.25) is 0 Å². The topological polar surface area (TPSA) is 42.3 Å². The van der Waals surface area contributed by atoms with Crippen LogP contribution in [0, 0.1) is 20.8 Å². The zero-order valence-electron chi connectivity index (χ0n) is 17.4. The SMILES string of the molecule is Cc1ccc(S(=O)(=O)n2c(C)c(N3CCc4ccccc43)c3cc(C)ccc32)cc1. The molecule has 0 unspecified atom stereocenters. The van der Waals surface area contributed by atoms with Crippen molar-refractivity contribution in [3.05, 3.63) is 89.1 Å². The van der Waals surface area contributed by atoms with Crippen LogP contribution in [-0.4, -0.2) is 18.9 Å². The molecular weight excluding hydrogens is 392 g/mol. The van der Waals surface area contributed by atoms with Crippen molar-refractivity contribution < 1.29 is 8.42 Å². The van der Waals surface area contributed by atoms with Crippen LogP contribution in [0.15, 0.2) is 71.6 Å². The summed E-state index contributed by atoms with van der Waals surface area (Å²) in [5.74, 6) is 0. The molecule has 0 fully saturated rings. The van der Waals surface area contributed by atoms with E-state index in [9.17, 15) is 8.42 Å². The molecular formula is C25H24N2O2S. The van der Waals surface area contributed by atoms with E-state index in [0.29, 0.717) is 4.90 Å². The largest absolute Gasteiger partial charge is 0.339 e. The Hall–Kier alpha value is -3.05. The summed E-state index contributed by atoms with van der Waals surface area (Å²) < 4.78 is 28.9. The Labute approximate surface area is 177 Å². The Balaban J connectivity index is 1.80. The molecule has 0 aliphatic carbocycles. The zero-order chi connectivity index (χ0) is 21.0. The van der Waals surface area contributed by atoms with Crippen molar-refractivity contribution in [2.24, 2.45) is 0 Å². The third-order valence-corrected chi connectivity index (χ3v) is 7.81. The van der Waals surface area contributed by atoms with Gasteiger partial charge < -0.3 is 4.90 Å². The highest BCUT2D eigenvalue weighted by atomic mass is 32.2. The summed E-state index contributed by atoms with van der Waals surface area (Å²) in [6.07, 6.45) is 0.957. The molecule has 0 amide bonds. The van der Waals surface area contributed by atoms with E-state index < -0.39 is 10.0 Å². The molecule has 152 valence electrons. The number of rotatable bonds is 3. The van der Waals surface area contributed by atoms with E-state index in [-0.39, 0.29) is 0 Å². The first-order chi connectivity index (χ1) is 14.4. The Morgan fingerprint density at radius 1 is 0.833 bits per heavy atom. The van der Waals surface area contributed by atoms with Crippen LogP contribution in [0.5, 0.6) is 0 Å². The molecule has 5 heteroatoms. The van der Waals surface area contributed by atoms with Gasteiger partial charge in [-0.05, 0) is 63.1 Å². The van der Waals surface area contributed by atoms with E-state index >= 15 is 0 Å². The Morgan fingerprint density at radius 3 is 2.30 bits per heavy atom. The molecule has 0 radical (unpaired) electrons. The molecule has 30 heavy (non-hydrogen) atoms. The minimum Gasteiger partial charge on any atom is -0.339 e. The highest BCUT2D eigenvalue weighted by Crippen LogP contribution is 2.43. The first-order valence-corrected chi connectivity index (χ1v) is 11.6. The number of para-hydroxylation sites is 1. The number of benzene rings is 3. The molecule has 0 spiro atoms. The summed E-state index contributed by atoms with van der Waals surface area (Å²) >= 11 is 0. The fraction of sp³-hybridized carbons (Fsp3) is 0.200. The van der Waals surface area contributed by atoms with Gasteiger partial charge in [0.25, 0.3) is 10.0 Å². The Kier molecular flexibility index (Phi) is 4.26. The van der Waals surface area contributed by atoms with Crippen molar-refractivity contribution in [2.75, 3.05) is 11.4 Å². The second kappa shape index (κ2) is 6.74. The minimum absolute atomic E-state index is 0.307. The summed E-state index contributed by atoms with van der Waals surface area (Å²) in [4.78, 5) is 2.58. The normalized spacial score (nSPS) is 13.8. The molecule has 5 rings (SSSR count). The van der Waals surface area contributed by atoms with Gasteiger partial charge in [0, 0.05) is 17.6 Å². The molecule has 2 heterocycles. The molecule has 4 aromatic rings. The smallest absolute Gasteiger partial charge is 0.268 e. The maximum absolute atomic E-state index is 13.7. The van der Waals surface area contributed by atoms with Gasteiger partial charge in [-0.1, -0.05) is 47.5 Å². The van der Waals surface area contributed by atoms with E-state index in [1.165, 1.54) is 9.54 Å². The van der Waals surface area contributed by atoms with Gasteiger partial charge in [0.05, 0.1) is 21.8 Å². The average Bonchev–Trinajstić information content (AvgIpc) is 3.26. The number of hydrogen-bond donors (Lipinski definition) is 0. The minimum atomic E-state index is -3.72. The van der Waals surface area contributed by atoms with Crippen molar-refractivity contribution >= 4 is 32.3 Å². The summed E-state index contributed by atoms with van der Waals surface area (Å²) in [6.45, 7) is 6.76. The van der Waals surface area contributed by atoms with E-state index in [4.69, 9.17) is 0 Å². The van der Waals surface area contributed by atoms with Crippen molar-refractivity contribution in [3.8, 4) is 0 Å². The quantitative estimate of drug-likeness (QED) is 0.443. The van der Waals surface area contributed by atoms with Gasteiger partial charge in [-0.3, -0.25) is 0 Å². The van der Waals surface area contributed by atoms with Crippen molar-refractivity contribution in [3.63, 3.8) is 0 Å². The van der Waals surface area contributed by atoms with Gasteiger partial charge in [0.15, 0.2) is 0 Å². The van der Waals surface area contributed by atoms with Gasteiger partial charge in [-0.25, -0.2) is 12.4 Å². The Morgan fingerprint density at radius 2 is 1.53 bits per heavy atom. The van der Waals surface area contributed by atoms with Crippen molar-refractivity contribution in [2.45, 2.75) is 32.1 Å². The second-order valence-electron chi connectivity index (χ2n) is 8.07. The molecule has 1 aliphatic heterocycles. The van der Waals surface area contributed by atoms with Crippen LogP contribution in [0.1, 0.15) is 22.4 Å². The molecule has 0 bridgehead atoms. The van der Waals surface area contributed by atoms with Crippen LogP contribution in [0.25, 0.3) is 10.9 Å². The average molecular weight is 417 g/mol. The molecule has 0 saturated heterocycles.